The number of carbonyl (C=O) groups is 1. The summed E-state index contributed by atoms with van der Waals surface area (Å²) in [6, 6.07) is 6.89. The minimum absolute atomic E-state index is 0.175. The quantitative estimate of drug-likeness (QED) is 0.908. The Morgan fingerprint density at radius 2 is 1.71 bits per heavy atom. The fourth-order valence-electron chi connectivity index (χ4n) is 1.49. The minimum Gasteiger partial charge on any atom is -0.366 e. The molecule has 0 aliphatic heterocycles. The zero-order valence-electron chi connectivity index (χ0n) is 8.65. The Balaban J connectivity index is 2.60. The number of aromatic nitrogens is 1. The van der Waals surface area contributed by atoms with Crippen LogP contribution < -0.4 is 5.73 Å². The van der Waals surface area contributed by atoms with E-state index in [2.05, 4.69) is 4.98 Å². The Hall–Kier alpha value is -1.58. The number of rotatable bonds is 2. The van der Waals surface area contributed by atoms with Crippen molar-refractivity contribution >= 4 is 29.1 Å². The molecule has 2 N–H and O–H groups in total. The molecule has 2 rings (SSSR count). The van der Waals surface area contributed by atoms with Crippen LogP contribution in [0.2, 0.25) is 10.0 Å². The lowest BCUT2D eigenvalue weighted by atomic mass is 10.0. The summed E-state index contributed by atoms with van der Waals surface area (Å²) in [6.45, 7) is 0. The van der Waals surface area contributed by atoms with E-state index < -0.39 is 5.91 Å². The van der Waals surface area contributed by atoms with E-state index in [1.807, 2.05) is 12.1 Å². The summed E-state index contributed by atoms with van der Waals surface area (Å²) >= 11 is 12.1. The summed E-state index contributed by atoms with van der Waals surface area (Å²) in [5.41, 5.74) is 7.01. The van der Waals surface area contributed by atoms with Crippen LogP contribution in [0.15, 0.2) is 36.7 Å². The molecule has 0 unspecified atom stereocenters. The first kappa shape index (κ1) is 11.9. The number of carbonyl (C=O) groups excluding carboxylic acids is 1. The molecule has 0 radical (unpaired) electrons. The molecule has 1 aromatic carbocycles. The van der Waals surface area contributed by atoms with E-state index in [0.29, 0.717) is 5.02 Å². The topological polar surface area (TPSA) is 56.0 Å². The predicted molar refractivity (Wildman–Crippen MR) is 68.2 cm³/mol. The summed E-state index contributed by atoms with van der Waals surface area (Å²) < 4.78 is 0. The molecule has 0 bridgehead atoms. The monoisotopic (exact) mass is 266 g/mol. The Kier molecular flexibility index (Phi) is 3.31. The molecule has 0 aliphatic rings. The molecule has 0 saturated carbocycles. The van der Waals surface area contributed by atoms with Crippen LogP contribution in [0, 0.1) is 0 Å². The standard InChI is InChI=1S/C12H8Cl2N2O/c13-10-8(7-3-5-16-6-4-7)1-2-9(11(10)14)12(15)17/h1-6H,(H2,15,17). The van der Waals surface area contributed by atoms with Crippen molar-refractivity contribution in [2.45, 2.75) is 0 Å². The number of hydrogen-bond donors (Lipinski definition) is 1. The molecule has 0 aliphatic carbocycles. The molecule has 0 saturated heterocycles. The summed E-state index contributed by atoms with van der Waals surface area (Å²) in [5.74, 6) is -0.599. The molecular formula is C12H8Cl2N2O. The van der Waals surface area contributed by atoms with Crippen molar-refractivity contribution in [3.8, 4) is 11.1 Å². The number of halogens is 2. The Morgan fingerprint density at radius 1 is 1.06 bits per heavy atom. The molecule has 1 amide bonds. The van der Waals surface area contributed by atoms with E-state index in [4.69, 9.17) is 28.9 Å². The van der Waals surface area contributed by atoms with E-state index in [1.165, 1.54) is 0 Å². The summed E-state index contributed by atoms with van der Waals surface area (Å²) in [4.78, 5) is 15.0. The number of amides is 1. The number of hydrogen-bond acceptors (Lipinski definition) is 2. The van der Waals surface area contributed by atoms with Gasteiger partial charge in [0, 0.05) is 18.0 Å². The Morgan fingerprint density at radius 3 is 2.29 bits per heavy atom. The van der Waals surface area contributed by atoms with Gasteiger partial charge >= 0.3 is 0 Å². The number of benzene rings is 1. The second kappa shape index (κ2) is 4.73. The largest absolute Gasteiger partial charge is 0.366 e. The van der Waals surface area contributed by atoms with Crippen LogP contribution in [0.25, 0.3) is 11.1 Å². The first-order valence-corrected chi connectivity index (χ1v) is 5.55. The van der Waals surface area contributed by atoms with Gasteiger partial charge in [-0.1, -0.05) is 29.3 Å². The molecule has 86 valence electrons. The van der Waals surface area contributed by atoms with Crippen LogP contribution >= 0.6 is 23.2 Å². The molecule has 1 heterocycles. The van der Waals surface area contributed by atoms with Gasteiger partial charge in [-0.25, -0.2) is 0 Å². The van der Waals surface area contributed by atoms with Gasteiger partial charge in [0.2, 0.25) is 5.91 Å². The van der Waals surface area contributed by atoms with E-state index in [9.17, 15) is 4.79 Å². The van der Waals surface area contributed by atoms with E-state index in [1.54, 1.807) is 24.5 Å². The number of pyridine rings is 1. The molecule has 0 spiro atoms. The van der Waals surface area contributed by atoms with Crippen LogP contribution in [0.5, 0.6) is 0 Å². The van der Waals surface area contributed by atoms with Crippen molar-refractivity contribution in [3.63, 3.8) is 0 Å². The molecule has 2 aromatic rings. The minimum atomic E-state index is -0.599. The SMILES string of the molecule is NC(=O)c1ccc(-c2ccncc2)c(Cl)c1Cl. The van der Waals surface area contributed by atoms with Gasteiger partial charge in [0.15, 0.2) is 0 Å². The van der Waals surface area contributed by atoms with Gasteiger partial charge in [0.05, 0.1) is 15.6 Å². The lowest BCUT2D eigenvalue weighted by molar-refractivity contribution is 0.100. The first-order valence-electron chi connectivity index (χ1n) is 4.79. The van der Waals surface area contributed by atoms with Crippen molar-refractivity contribution in [2.75, 3.05) is 0 Å². The van der Waals surface area contributed by atoms with Gasteiger partial charge in [0.25, 0.3) is 0 Å². The number of primary amides is 1. The van der Waals surface area contributed by atoms with Gasteiger partial charge in [-0.3, -0.25) is 9.78 Å². The molecule has 1 aromatic heterocycles. The summed E-state index contributed by atoms with van der Waals surface area (Å²) in [5, 5.41) is 0.489. The maximum absolute atomic E-state index is 11.1. The third kappa shape index (κ3) is 2.25. The molecule has 0 fully saturated rings. The third-order valence-electron chi connectivity index (χ3n) is 2.34. The van der Waals surface area contributed by atoms with Gasteiger partial charge in [0.1, 0.15) is 0 Å². The molecular weight excluding hydrogens is 259 g/mol. The van der Waals surface area contributed by atoms with Gasteiger partial charge in [-0.05, 0) is 23.8 Å². The lowest BCUT2D eigenvalue weighted by Crippen LogP contribution is -2.11. The van der Waals surface area contributed by atoms with E-state index in [-0.39, 0.29) is 10.6 Å². The summed E-state index contributed by atoms with van der Waals surface area (Å²) in [6.07, 6.45) is 3.31. The first-order chi connectivity index (χ1) is 8.11. The van der Waals surface area contributed by atoms with Crippen LogP contribution in [0.3, 0.4) is 0 Å². The zero-order chi connectivity index (χ0) is 12.4. The Labute approximate surface area is 108 Å². The third-order valence-corrected chi connectivity index (χ3v) is 3.22. The maximum atomic E-state index is 11.1. The summed E-state index contributed by atoms with van der Waals surface area (Å²) in [7, 11) is 0. The zero-order valence-corrected chi connectivity index (χ0v) is 10.2. The number of nitrogens with zero attached hydrogens (tertiary/aromatic N) is 1. The van der Waals surface area contributed by atoms with Gasteiger partial charge < -0.3 is 5.73 Å². The van der Waals surface area contributed by atoms with Crippen LogP contribution in [-0.4, -0.2) is 10.9 Å². The normalized spacial score (nSPS) is 10.2. The molecule has 0 atom stereocenters. The van der Waals surface area contributed by atoms with Gasteiger partial charge in [-0.2, -0.15) is 0 Å². The fourth-order valence-corrected chi connectivity index (χ4v) is 2.03. The highest BCUT2D eigenvalue weighted by molar-refractivity contribution is 6.45. The predicted octanol–water partition coefficient (Wildman–Crippen LogP) is 3.15. The van der Waals surface area contributed by atoms with Crippen molar-refractivity contribution in [2.24, 2.45) is 5.73 Å². The number of nitrogens with two attached hydrogens (primary N) is 1. The molecule has 5 heteroatoms. The van der Waals surface area contributed by atoms with Crippen LogP contribution in [0.1, 0.15) is 10.4 Å². The highest BCUT2D eigenvalue weighted by Gasteiger charge is 2.14. The average Bonchev–Trinajstić information content (AvgIpc) is 2.33. The van der Waals surface area contributed by atoms with Crippen molar-refractivity contribution in [1.82, 2.24) is 4.98 Å². The van der Waals surface area contributed by atoms with Gasteiger partial charge in [-0.15, -0.1) is 0 Å². The van der Waals surface area contributed by atoms with Crippen molar-refractivity contribution < 1.29 is 4.79 Å². The van der Waals surface area contributed by atoms with E-state index >= 15 is 0 Å². The van der Waals surface area contributed by atoms with Crippen LogP contribution in [-0.2, 0) is 0 Å². The second-order valence-corrected chi connectivity index (χ2v) is 4.14. The average molecular weight is 267 g/mol. The second-order valence-electron chi connectivity index (χ2n) is 3.39. The van der Waals surface area contributed by atoms with Crippen molar-refractivity contribution in [1.29, 1.82) is 0 Å². The van der Waals surface area contributed by atoms with Crippen molar-refractivity contribution in [3.05, 3.63) is 52.3 Å². The highest BCUT2D eigenvalue weighted by atomic mass is 35.5. The molecule has 17 heavy (non-hydrogen) atoms. The smallest absolute Gasteiger partial charge is 0.250 e. The lowest BCUT2D eigenvalue weighted by Gasteiger charge is -2.08. The highest BCUT2D eigenvalue weighted by Crippen LogP contribution is 2.35. The molecule has 3 nitrogen and oxygen atoms in total. The Bertz CT molecular complexity index is 570. The van der Waals surface area contributed by atoms with E-state index in [0.717, 1.165) is 11.1 Å². The maximum Gasteiger partial charge on any atom is 0.250 e. The van der Waals surface area contributed by atoms with Crippen LogP contribution in [0.4, 0.5) is 0 Å². The fraction of sp³-hybridized carbons (Fsp3) is 0.